The van der Waals surface area contributed by atoms with E-state index in [1.165, 1.54) is 11.8 Å². The van der Waals surface area contributed by atoms with Crippen LogP contribution >= 0.6 is 11.8 Å². The molecule has 0 aliphatic carbocycles. The molecule has 8 nitrogen and oxygen atoms in total. The maximum atomic E-state index is 12.5. The van der Waals surface area contributed by atoms with E-state index in [1.807, 2.05) is 60.2 Å². The second-order valence-corrected chi connectivity index (χ2v) is 8.99. The molecule has 0 radical (unpaired) electrons. The summed E-state index contributed by atoms with van der Waals surface area (Å²) in [5.41, 5.74) is 2.88. The van der Waals surface area contributed by atoms with E-state index in [0.29, 0.717) is 24.1 Å². The van der Waals surface area contributed by atoms with Crippen molar-refractivity contribution < 1.29 is 14.3 Å². The van der Waals surface area contributed by atoms with Gasteiger partial charge in [-0.1, -0.05) is 30.0 Å². The van der Waals surface area contributed by atoms with Gasteiger partial charge in [0.2, 0.25) is 5.91 Å². The second kappa shape index (κ2) is 10.3. The van der Waals surface area contributed by atoms with E-state index in [4.69, 9.17) is 9.47 Å². The number of ether oxygens (including phenoxy) is 2. The Labute approximate surface area is 202 Å². The quantitative estimate of drug-likeness (QED) is 0.351. The first-order valence-electron chi connectivity index (χ1n) is 11.5. The molecule has 3 heterocycles. The van der Waals surface area contributed by atoms with Gasteiger partial charge in [0.1, 0.15) is 5.75 Å². The van der Waals surface area contributed by atoms with Gasteiger partial charge < -0.3 is 19.8 Å². The summed E-state index contributed by atoms with van der Waals surface area (Å²) in [4.78, 5) is 15.8. The third-order valence-electron chi connectivity index (χ3n) is 5.75. The van der Waals surface area contributed by atoms with Crippen molar-refractivity contribution in [2.45, 2.75) is 31.0 Å². The van der Waals surface area contributed by atoms with Gasteiger partial charge in [0, 0.05) is 41.5 Å². The number of nitrogens with one attached hydrogen (secondary N) is 2. The van der Waals surface area contributed by atoms with Crippen molar-refractivity contribution in [3.05, 3.63) is 54.7 Å². The molecule has 34 heavy (non-hydrogen) atoms. The lowest BCUT2D eigenvalue weighted by Crippen LogP contribution is -2.32. The molecule has 2 aromatic carbocycles. The zero-order valence-corrected chi connectivity index (χ0v) is 19.8. The Kier molecular flexibility index (Phi) is 6.82. The lowest BCUT2D eigenvalue weighted by molar-refractivity contribution is -0.119. The van der Waals surface area contributed by atoms with E-state index in [-0.39, 0.29) is 17.8 Å². The van der Waals surface area contributed by atoms with Crippen LogP contribution in [0.2, 0.25) is 0 Å². The lowest BCUT2D eigenvalue weighted by Gasteiger charge is -2.12. The minimum absolute atomic E-state index is 0.0459. The predicted molar refractivity (Wildman–Crippen MR) is 133 cm³/mol. The summed E-state index contributed by atoms with van der Waals surface area (Å²) in [5, 5.41) is 13.7. The Balaban J connectivity index is 1.42. The van der Waals surface area contributed by atoms with E-state index >= 15 is 0 Å². The van der Waals surface area contributed by atoms with Gasteiger partial charge in [-0.25, -0.2) is 0 Å². The first-order valence-corrected chi connectivity index (χ1v) is 12.5. The van der Waals surface area contributed by atoms with Gasteiger partial charge in [-0.15, -0.1) is 10.2 Å². The number of thioether (sulfide) groups is 1. The highest BCUT2D eigenvalue weighted by Gasteiger charge is 2.21. The standard InChI is InChI=1S/C25H27N5O3S/c1-2-32-18-11-9-17(10-12-18)30-24(21-15-26-22-8-4-3-7-20(21)22)28-29-25(30)34-16-23(31)27-14-19-6-5-13-33-19/h3-4,7-12,15,19,26H,2,5-6,13-14,16H2,1H3,(H,27,31)/t19-/m0/s1. The minimum Gasteiger partial charge on any atom is -0.494 e. The molecule has 9 heteroatoms. The normalized spacial score (nSPS) is 15.6. The van der Waals surface area contributed by atoms with Gasteiger partial charge in [-0.2, -0.15) is 0 Å². The van der Waals surface area contributed by atoms with Crippen LogP contribution in [0.3, 0.4) is 0 Å². The summed E-state index contributed by atoms with van der Waals surface area (Å²) in [6.07, 6.45) is 4.11. The zero-order chi connectivity index (χ0) is 23.3. The van der Waals surface area contributed by atoms with E-state index in [2.05, 4.69) is 26.6 Å². The average Bonchev–Trinajstić information content (AvgIpc) is 3.62. The Hall–Kier alpha value is -3.30. The first kappa shape index (κ1) is 22.5. The fourth-order valence-electron chi connectivity index (χ4n) is 4.10. The molecule has 2 N–H and O–H groups in total. The Morgan fingerprint density at radius 1 is 1.24 bits per heavy atom. The van der Waals surface area contributed by atoms with Crippen LogP contribution in [-0.4, -0.2) is 57.3 Å². The monoisotopic (exact) mass is 477 g/mol. The van der Waals surface area contributed by atoms with E-state index in [0.717, 1.165) is 47.4 Å². The molecule has 1 saturated heterocycles. The number of H-pyrrole nitrogens is 1. The zero-order valence-electron chi connectivity index (χ0n) is 19.0. The van der Waals surface area contributed by atoms with Gasteiger partial charge in [0.25, 0.3) is 0 Å². The highest BCUT2D eigenvalue weighted by atomic mass is 32.2. The summed E-state index contributed by atoms with van der Waals surface area (Å²) in [6, 6.07) is 15.9. The Bertz CT molecular complexity index is 1260. The van der Waals surface area contributed by atoms with Gasteiger partial charge in [-0.3, -0.25) is 9.36 Å². The van der Waals surface area contributed by atoms with Crippen LogP contribution < -0.4 is 10.1 Å². The number of aromatic amines is 1. The molecular formula is C25H27N5O3S. The molecule has 1 aliphatic heterocycles. The summed E-state index contributed by atoms with van der Waals surface area (Å²) in [5.74, 6) is 1.71. The molecule has 0 saturated carbocycles. The summed E-state index contributed by atoms with van der Waals surface area (Å²) in [7, 11) is 0. The van der Waals surface area contributed by atoms with Crippen molar-refractivity contribution in [3.8, 4) is 22.8 Å². The van der Waals surface area contributed by atoms with Crippen molar-refractivity contribution in [1.82, 2.24) is 25.1 Å². The number of benzene rings is 2. The molecule has 5 rings (SSSR count). The molecule has 176 valence electrons. The van der Waals surface area contributed by atoms with Crippen LogP contribution in [0.15, 0.2) is 59.9 Å². The van der Waals surface area contributed by atoms with Crippen molar-refractivity contribution in [2.24, 2.45) is 0 Å². The summed E-state index contributed by atoms with van der Waals surface area (Å²) < 4.78 is 13.2. The maximum absolute atomic E-state index is 12.5. The molecule has 4 aromatic rings. The maximum Gasteiger partial charge on any atom is 0.230 e. The molecule has 1 aliphatic rings. The molecule has 0 unspecified atom stereocenters. The predicted octanol–water partition coefficient (Wildman–Crippen LogP) is 4.20. The first-order chi connectivity index (χ1) is 16.7. The van der Waals surface area contributed by atoms with Crippen molar-refractivity contribution >= 4 is 28.6 Å². The van der Waals surface area contributed by atoms with E-state index in [9.17, 15) is 4.79 Å². The summed E-state index contributed by atoms with van der Waals surface area (Å²) in [6.45, 7) is 3.89. The Morgan fingerprint density at radius 2 is 2.09 bits per heavy atom. The number of nitrogens with zero attached hydrogens (tertiary/aromatic N) is 3. The van der Waals surface area contributed by atoms with Gasteiger partial charge in [0.15, 0.2) is 11.0 Å². The fourth-order valence-corrected chi connectivity index (χ4v) is 4.88. The van der Waals surface area contributed by atoms with Gasteiger partial charge in [0.05, 0.1) is 18.5 Å². The smallest absolute Gasteiger partial charge is 0.230 e. The SMILES string of the molecule is CCOc1ccc(-n2c(SCC(=O)NC[C@@H]3CCCO3)nnc2-c2c[nH]c3ccccc23)cc1. The van der Waals surface area contributed by atoms with Crippen LogP contribution in [-0.2, 0) is 9.53 Å². The molecule has 2 aromatic heterocycles. The number of fused-ring (bicyclic) bond motifs is 1. The van der Waals surface area contributed by atoms with Crippen LogP contribution in [0.5, 0.6) is 5.75 Å². The molecule has 0 bridgehead atoms. The largest absolute Gasteiger partial charge is 0.494 e. The van der Waals surface area contributed by atoms with Crippen LogP contribution in [0, 0.1) is 0 Å². The number of amides is 1. The molecule has 1 fully saturated rings. The minimum atomic E-state index is -0.0459. The van der Waals surface area contributed by atoms with Gasteiger partial charge in [-0.05, 0) is 50.1 Å². The highest BCUT2D eigenvalue weighted by Crippen LogP contribution is 2.32. The van der Waals surface area contributed by atoms with Crippen molar-refractivity contribution in [2.75, 3.05) is 25.5 Å². The fraction of sp³-hybridized carbons (Fsp3) is 0.320. The Morgan fingerprint density at radius 3 is 2.88 bits per heavy atom. The third-order valence-corrected chi connectivity index (χ3v) is 6.68. The van der Waals surface area contributed by atoms with E-state index in [1.54, 1.807) is 0 Å². The van der Waals surface area contributed by atoms with Crippen LogP contribution in [0.1, 0.15) is 19.8 Å². The number of carbonyl (C=O) groups excluding carboxylic acids is 1. The third kappa shape index (κ3) is 4.80. The number of carbonyl (C=O) groups is 1. The molecule has 1 atom stereocenters. The molecule has 1 amide bonds. The average molecular weight is 478 g/mol. The topological polar surface area (TPSA) is 94.1 Å². The second-order valence-electron chi connectivity index (χ2n) is 8.04. The lowest BCUT2D eigenvalue weighted by atomic mass is 10.1. The number of aromatic nitrogens is 4. The highest BCUT2D eigenvalue weighted by molar-refractivity contribution is 7.99. The number of hydrogen-bond acceptors (Lipinski definition) is 6. The number of hydrogen-bond donors (Lipinski definition) is 2. The number of rotatable bonds is 9. The van der Waals surface area contributed by atoms with Crippen molar-refractivity contribution in [3.63, 3.8) is 0 Å². The summed E-state index contributed by atoms with van der Waals surface area (Å²) >= 11 is 1.37. The van der Waals surface area contributed by atoms with Crippen LogP contribution in [0.4, 0.5) is 0 Å². The molecule has 0 spiro atoms. The van der Waals surface area contributed by atoms with Crippen molar-refractivity contribution in [1.29, 1.82) is 0 Å². The van der Waals surface area contributed by atoms with Gasteiger partial charge >= 0.3 is 0 Å². The van der Waals surface area contributed by atoms with E-state index < -0.39 is 0 Å². The molecular weight excluding hydrogens is 450 g/mol. The van der Waals surface area contributed by atoms with Crippen LogP contribution in [0.25, 0.3) is 28.0 Å². The number of para-hydroxylation sites is 1.